The second kappa shape index (κ2) is 8.69. The normalized spacial score (nSPS) is 14.5. The van der Waals surface area contributed by atoms with Gasteiger partial charge in [-0.05, 0) is 38.3 Å². The molecule has 3 aromatic heterocycles. The van der Waals surface area contributed by atoms with Crippen LogP contribution >= 0.6 is 0 Å². The Kier molecular flexibility index (Phi) is 5.58. The van der Waals surface area contributed by atoms with Gasteiger partial charge in [0.2, 0.25) is 0 Å². The zero-order valence-corrected chi connectivity index (χ0v) is 19.2. The van der Waals surface area contributed by atoms with Crippen LogP contribution in [0.2, 0.25) is 0 Å². The smallest absolute Gasteiger partial charge is 0.255 e. The van der Waals surface area contributed by atoms with Crippen molar-refractivity contribution in [3.05, 3.63) is 71.6 Å². The Morgan fingerprint density at radius 1 is 1.24 bits per heavy atom. The fraction of sp³-hybridized carbons (Fsp3) is 0.360. The highest BCUT2D eigenvalue weighted by Crippen LogP contribution is 2.39. The number of carbonyl (C=O) groups is 1. The quantitative estimate of drug-likeness (QED) is 0.375. The molecule has 170 valence electrons. The molecule has 0 spiro atoms. The number of nitrogens with zero attached hydrogens (tertiary/aromatic N) is 4. The minimum Gasteiger partial charge on any atom is -0.373 e. The number of H-pyrrole nitrogens is 1. The lowest BCUT2D eigenvalue weighted by Gasteiger charge is -2.19. The zero-order valence-electron chi connectivity index (χ0n) is 19.2. The molecule has 1 aliphatic rings. The van der Waals surface area contributed by atoms with Gasteiger partial charge in [0, 0.05) is 54.8 Å². The molecule has 1 unspecified atom stereocenters. The van der Waals surface area contributed by atoms with E-state index in [0.717, 1.165) is 46.6 Å². The molecule has 1 aliphatic carbocycles. The van der Waals surface area contributed by atoms with E-state index in [-0.39, 0.29) is 18.0 Å². The highest BCUT2D eigenvalue weighted by molar-refractivity contribution is 5.94. The summed E-state index contributed by atoms with van der Waals surface area (Å²) in [4.78, 5) is 26.1. The predicted octanol–water partition coefficient (Wildman–Crippen LogP) is 4.37. The first kappa shape index (κ1) is 21.2. The third-order valence-electron chi connectivity index (χ3n) is 6.12. The Labute approximate surface area is 192 Å². The van der Waals surface area contributed by atoms with E-state index < -0.39 is 0 Å². The summed E-state index contributed by atoms with van der Waals surface area (Å²) in [6.45, 7) is 4.07. The number of rotatable bonds is 8. The summed E-state index contributed by atoms with van der Waals surface area (Å²) in [5, 5.41) is 11.8. The number of para-hydroxylation sites is 1. The molecule has 1 fully saturated rings. The van der Waals surface area contributed by atoms with Crippen LogP contribution in [0.15, 0.2) is 48.9 Å². The maximum atomic E-state index is 13.2. The van der Waals surface area contributed by atoms with Crippen molar-refractivity contribution in [3.63, 3.8) is 0 Å². The molecular formula is C25H29N7O. The summed E-state index contributed by atoms with van der Waals surface area (Å²) in [7, 11) is 1.86. The van der Waals surface area contributed by atoms with Crippen LogP contribution in [0.25, 0.3) is 10.9 Å². The maximum absolute atomic E-state index is 13.2. The van der Waals surface area contributed by atoms with Crippen LogP contribution in [0.1, 0.15) is 72.1 Å². The molecule has 0 bridgehead atoms. The summed E-state index contributed by atoms with van der Waals surface area (Å²) in [6, 6.07) is 10.0. The molecule has 0 saturated heterocycles. The summed E-state index contributed by atoms with van der Waals surface area (Å²) in [5.41, 5.74) is 3.56. The van der Waals surface area contributed by atoms with Gasteiger partial charge in [0.1, 0.15) is 11.6 Å². The second-order valence-electron chi connectivity index (χ2n) is 8.95. The molecule has 1 atom stereocenters. The standard InChI is InChI=1S/C25H29N7O/c1-15(2)32-14-18(13-28-32)25(33)30-21(10-17-12-27-20-7-5-4-6-19(17)20)22-11-23(26-3)31-24(29-22)16-8-9-16/h4-7,11-16,21,27H,8-10H2,1-3H3,(H,30,33)(H,26,29,31). The number of benzene rings is 1. The van der Waals surface area contributed by atoms with Crippen molar-refractivity contribution in [1.29, 1.82) is 0 Å². The zero-order chi connectivity index (χ0) is 22.9. The van der Waals surface area contributed by atoms with Crippen molar-refractivity contribution in [3.8, 4) is 0 Å². The average Bonchev–Trinajstić information content (AvgIpc) is 3.41. The van der Waals surface area contributed by atoms with E-state index in [0.29, 0.717) is 17.9 Å². The van der Waals surface area contributed by atoms with Crippen LogP contribution in [-0.4, -0.2) is 37.7 Å². The average molecular weight is 444 g/mol. The molecule has 1 aromatic carbocycles. The molecule has 0 radical (unpaired) electrons. The lowest BCUT2D eigenvalue weighted by atomic mass is 10.0. The molecule has 1 amide bonds. The van der Waals surface area contributed by atoms with Gasteiger partial charge < -0.3 is 15.6 Å². The third kappa shape index (κ3) is 4.46. The van der Waals surface area contributed by atoms with E-state index in [4.69, 9.17) is 4.98 Å². The van der Waals surface area contributed by atoms with Crippen LogP contribution in [0.5, 0.6) is 0 Å². The molecular weight excluding hydrogens is 414 g/mol. The Morgan fingerprint density at radius 3 is 2.79 bits per heavy atom. The number of carbonyl (C=O) groups excluding carboxylic acids is 1. The van der Waals surface area contributed by atoms with Gasteiger partial charge in [0.25, 0.3) is 5.91 Å². The molecule has 3 heterocycles. The van der Waals surface area contributed by atoms with Crippen LogP contribution in [-0.2, 0) is 6.42 Å². The summed E-state index contributed by atoms with van der Waals surface area (Å²) in [6.07, 6.45) is 8.26. The monoisotopic (exact) mass is 443 g/mol. The first-order valence-corrected chi connectivity index (χ1v) is 11.5. The van der Waals surface area contributed by atoms with Crippen LogP contribution in [0.4, 0.5) is 5.82 Å². The van der Waals surface area contributed by atoms with Gasteiger partial charge in [-0.1, -0.05) is 18.2 Å². The minimum absolute atomic E-state index is 0.163. The van der Waals surface area contributed by atoms with Gasteiger partial charge >= 0.3 is 0 Å². The first-order chi connectivity index (χ1) is 16.0. The number of fused-ring (bicyclic) bond motifs is 1. The van der Waals surface area contributed by atoms with Crippen molar-refractivity contribution >= 4 is 22.6 Å². The fourth-order valence-electron chi connectivity index (χ4n) is 4.05. The van der Waals surface area contributed by atoms with E-state index in [9.17, 15) is 4.79 Å². The van der Waals surface area contributed by atoms with Crippen molar-refractivity contribution < 1.29 is 4.79 Å². The number of anilines is 1. The van der Waals surface area contributed by atoms with Gasteiger partial charge in [0.15, 0.2) is 0 Å². The van der Waals surface area contributed by atoms with Gasteiger partial charge in [-0.15, -0.1) is 0 Å². The number of aromatic nitrogens is 5. The van der Waals surface area contributed by atoms with Crippen molar-refractivity contribution in [2.45, 2.75) is 51.1 Å². The number of hydrogen-bond donors (Lipinski definition) is 3. The van der Waals surface area contributed by atoms with E-state index in [1.165, 1.54) is 0 Å². The molecule has 8 heteroatoms. The van der Waals surface area contributed by atoms with E-state index in [2.05, 4.69) is 37.8 Å². The topological polar surface area (TPSA) is 101 Å². The number of nitrogens with one attached hydrogen (secondary N) is 3. The third-order valence-corrected chi connectivity index (χ3v) is 6.12. The van der Waals surface area contributed by atoms with Gasteiger partial charge in [-0.3, -0.25) is 9.48 Å². The van der Waals surface area contributed by atoms with Crippen LogP contribution < -0.4 is 10.6 Å². The van der Waals surface area contributed by atoms with Gasteiger partial charge in [-0.2, -0.15) is 5.10 Å². The van der Waals surface area contributed by atoms with Gasteiger partial charge in [-0.25, -0.2) is 9.97 Å². The molecule has 33 heavy (non-hydrogen) atoms. The van der Waals surface area contributed by atoms with Crippen LogP contribution in [0, 0.1) is 0 Å². The fourth-order valence-corrected chi connectivity index (χ4v) is 4.05. The lowest BCUT2D eigenvalue weighted by molar-refractivity contribution is 0.0935. The van der Waals surface area contributed by atoms with Crippen LogP contribution in [0.3, 0.4) is 0 Å². The Balaban J connectivity index is 1.50. The highest BCUT2D eigenvalue weighted by atomic mass is 16.1. The number of aromatic amines is 1. The predicted molar refractivity (Wildman–Crippen MR) is 128 cm³/mol. The Bertz CT molecular complexity index is 1280. The van der Waals surface area contributed by atoms with Crippen molar-refractivity contribution in [2.75, 3.05) is 12.4 Å². The van der Waals surface area contributed by atoms with Crippen molar-refractivity contribution in [2.24, 2.45) is 0 Å². The molecule has 0 aliphatic heterocycles. The summed E-state index contributed by atoms with van der Waals surface area (Å²) < 4.78 is 1.79. The molecule has 5 rings (SSSR count). The molecule has 4 aromatic rings. The number of hydrogen-bond acceptors (Lipinski definition) is 5. The highest BCUT2D eigenvalue weighted by Gasteiger charge is 2.29. The van der Waals surface area contributed by atoms with Crippen molar-refractivity contribution in [1.82, 2.24) is 30.0 Å². The maximum Gasteiger partial charge on any atom is 0.255 e. The molecule has 1 saturated carbocycles. The number of amides is 1. The van der Waals surface area contributed by atoms with E-state index in [1.54, 1.807) is 17.1 Å². The Hall–Kier alpha value is -3.68. The summed E-state index contributed by atoms with van der Waals surface area (Å²) in [5.74, 6) is 1.87. The first-order valence-electron chi connectivity index (χ1n) is 11.5. The molecule has 8 nitrogen and oxygen atoms in total. The second-order valence-corrected chi connectivity index (χ2v) is 8.95. The minimum atomic E-state index is -0.313. The van der Waals surface area contributed by atoms with E-state index >= 15 is 0 Å². The largest absolute Gasteiger partial charge is 0.373 e. The van der Waals surface area contributed by atoms with E-state index in [1.807, 2.05) is 45.3 Å². The van der Waals surface area contributed by atoms with Gasteiger partial charge in [0.05, 0.1) is 23.5 Å². The lowest BCUT2D eigenvalue weighted by Crippen LogP contribution is -2.31. The summed E-state index contributed by atoms with van der Waals surface area (Å²) >= 11 is 0. The SMILES string of the molecule is CNc1cc(C(Cc2c[nH]c3ccccc23)NC(=O)c2cnn(C(C)C)c2)nc(C2CC2)n1. The molecule has 3 N–H and O–H groups in total. The Morgan fingerprint density at radius 2 is 2.06 bits per heavy atom.